The molecule has 4 bridgehead atoms. The van der Waals surface area contributed by atoms with E-state index in [1.807, 2.05) is 0 Å². The summed E-state index contributed by atoms with van der Waals surface area (Å²) in [5.41, 5.74) is 0. The van der Waals surface area contributed by atoms with Gasteiger partial charge in [-0.2, -0.15) is 0 Å². The normalized spacial score (nSPS) is 57.6. The molecule has 0 saturated heterocycles. The molecule has 0 radical (unpaired) electrons. The van der Waals surface area contributed by atoms with Gasteiger partial charge in [0.05, 0.1) is 0 Å². The van der Waals surface area contributed by atoms with Crippen LogP contribution in [0.5, 0.6) is 0 Å². The van der Waals surface area contributed by atoms with E-state index in [4.69, 9.17) is 4.74 Å². The van der Waals surface area contributed by atoms with Crippen LogP contribution in [-0.4, -0.2) is 36.6 Å². The maximum absolute atomic E-state index is 9.74. The number of hydrogen-bond acceptors (Lipinski definition) is 3. The third kappa shape index (κ3) is 2.56. The van der Waals surface area contributed by atoms with E-state index in [9.17, 15) is 10.2 Å². The Kier molecular flexibility index (Phi) is 4.40. The van der Waals surface area contributed by atoms with Crippen LogP contribution in [0.15, 0.2) is 0 Å². The van der Waals surface area contributed by atoms with E-state index in [1.165, 1.54) is 51.4 Å². The lowest BCUT2D eigenvalue weighted by Gasteiger charge is -2.35. The first-order chi connectivity index (χ1) is 13.3. The molecule has 27 heavy (non-hydrogen) atoms. The number of fused-ring (bicyclic) bond motifs is 10. The minimum Gasteiger partial charge on any atom is -0.396 e. The fourth-order valence-electron chi connectivity index (χ4n) is 9.98. The minimum absolute atomic E-state index is 0.417. The molecule has 6 aliphatic carbocycles. The van der Waals surface area contributed by atoms with Gasteiger partial charge in [0, 0.05) is 26.4 Å². The van der Waals surface area contributed by atoms with Crippen molar-refractivity contribution < 1.29 is 14.9 Å². The van der Waals surface area contributed by atoms with Crippen molar-refractivity contribution in [1.29, 1.82) is 0 Å². The first kappa shape index (κ1) is 17.7. The molecule has 6 saturated carbocycles. The van der Waals surface area contributed by atoms with E-state index in [1.54, 1.807) is 0 Å². The Morgan fingerprint density at radius 3 is 1.96 bits per heavy atom. The zero-order valence-electron chi connectivity index (χ0n) is 16.7. The summed E-state index contributed by atoms with van der Waals surface area (Å²) in [7, 11) is 0. The Labute approximate surface area is 164 Å². The molecule has 152 valence electrons. The van der Waals surface area contributed by atoms with Gasteiger partial charge in [-0.3, -0.25) is 0 Å². The number of ether oxygens (including phenoxy) is 1. The van der Waals surface area contributed by atoms with Crippen LogP contribution in [0.1, 0.15) is 51.4 Å². The molecule has 12 atom stereocenters. The van der Waals surface area contributed by atoms with Crippen LogP contribution in [0, 0.1) is 71.0 Å². The second-order valence-corrected chi connectivity index (χ2v) is 11.4. The van der Waals surface area contributed by atoms with Crippen LogP contribution >= 0.6 is 0 Å². The molecule has 2 N–H and O–H groups in total. The molecule has 6 aliphatic rings. The largest absolute Gasteiger partial charge is 0.396 e. The molecule has 3 heteroatoms. The van der Waals surface area contributed by atoms with Gasteiger partial charge < -0.3 is 14.9 Å². The third-order valence-corrected chi connectivity index (χ3v) is 10.7. The molecule has 0 amide bonds. The molecule has 0 aromatic rings. The van der Waals surface area contributed by atoms with Gasteiger partial charge >= 0.3 is 0 Å². The van der Waals surface area contributed by atoms with E-state index >= 15 is 0 Å². The van der Waals surface area contributed by atoms with Crippen molar-refractivity contribution in [3.8, 4) is 0 Å². The zero-order chi connectivity index (χ0) is 18.1. The highest BCUT2D eigenvalue weighted by molar-refractivity contribution is 5.06. The van der Waals surface area contributed by atoms with Crippen LogP contribution < -0.4 is 0 Å². The molecule has 6 rings (SSSR count). The predicted molar refractivity (Wildman–Crippen MR) is 104 cm³/mol. The third-order valence-electron chi connectivity index (χ3n) is 10.7. The second-order valence-electron chi connectivity index (χ2n) is 11.4. The molecule has 0 heterocycles. The average Bonchev–Trinajstić information content (AvgIpc) is 3.48. The van der Waals surface area contributed by atoms with Crippen LogP contribution in [0.25, 0.3) is 0 Å². The van der Waals surface area contributed by atoms with Crippen LogP contribution in [0.3, 0.4) is 0 Å². The van der Waals surface area contributed by atoms with Crippen molar-refractivity contribution >= 4 is 0 Å². The smallest absolute Gasteiger partial charge is 0.0497 e. The number of aliphatic hydroxyl groups excluding tert-OH is 2. The maximum Gasteiger partial charge on any atom is 0.0497 e. The Bertz CT molecular complexity index is 562. The predicted octanol–water partition coefficient (Wildman–Crippen LogP) is 3.58. The molecule has 0 spiro atoms. The van der Waals surface area contributed by atoms with Crippen molar-refractivity contribution in [2.75, 3.05) is 26.4 Å². The number of aliphatic hydroxyl groups is 2. The fourth-order valence-corrected chi connectivity index (χ4v) is 9.98. The molecular weight excluding hydrogens is 336 g/mol. The van der Waals surface area contributed by atoms with E-state index in [2.05, 4.69) is 0 Å². The van der Waals surface area contributed by atoms with Crippen molar-refractivity contribution in [2.45, 2.75) is 51.4 Å². The van der Waals surface area contributed by atoms with Crippen molar-refractivity contribution in [2.24, 2.45) is 71.0 Å². The highest BCUT2D eigenvalue weighted by atomic mass is 16.5. The monoisotopic (exact) mass is 374 g/mol. The molecule has 0 aromatic carbocycles. The van der Waals surface area contributed by atoms with Gasteiger partial charge in [-0.05, 0) is 122 Å². The zero-order valence-corrected chi connectivity index (χ0v) is 16.7. The van der Waals surface area contributed by atoms with Gasteiger partial charge in [0.1, 0.15) is 0 Å². The first-order valence-electron chi connectivity index (χ1n) is 12.1. The van der Waals surface area contributed by atoms with Crippen LogP contribution in [0.2, 0.25) is 0 Å². The van der Waals surface area contributed by atoms with Gasteiger partial charge in [0.25, 0.3) is 0 Å². The molecule has 6 fully saturated rings. The van der Waals surface area contributed by atoms with Gasteiger partial charge in [0.2, 0.25) is 0 Å². The van der Waals surface area contributed by atoms with Gasteiger partial charge in [0.15, 0.2) is 0 Å². The van der Waals surface area contributed by atoms with Gasteiger partial charge in [-0.15, -0.1) is 0 Å². The number of hydrogen-bond donors (Lipinski definition) is 2. The van der Waals surface area contributed by atoms with Crippen molar-refractivity contribution in [3.63, 3.8) is 0 Å². The Morgan fingerprint density at radius 1 is 0.556 bits per heavy atom. The van der Waals surface area contributed by atoms with E-state index in [0.717, 1.165) is 72.4 Å². The standard InChI is InChI=1S/C24H38O3/c25-9-17-6-16-8-21(17)20-4-2-13(23(16)20)11-27-12-14-1-3-19-15-5-18(10-26)22(7-15)24(14)19/h13-26H,1-12H2. The summed E-state index contributed by atoms with van der Waals surface area (Å²) in [5.74, 6) is 9.87. The van der Waals surface area contributed by atoms with Crippen molar-refractivity contribution in [3.05, 3.63) is 0 Å². The summed E-state index contributed by atoms with van der Waals surface area (Å²) < 4.78 is 6.44. The summed E-state index contributed by atoms with van der Waals surface area (Å²) in [6.07, 6.45) is 11.0. The minimum atomic E-state index is 0.417. The van der Waals surface area contributed by atoms with Gasteiger partial charge in [-0.1, -0.05) is 0 Å². The summed E-state index contributed by atoms with van der Waals surface area (Å²) in [5, 5.41) is 19.4. The quantitative estimate of drug-likeness (QED) is 0.747. The highest BCUT2D eigenvalue weighted by Crippen LogP contribution is 2.64. The summed E-state index contributed by atoms with van der Waals surface area (Å²) >= 11 is 0. The Hall–Kier alpha value is -0.120. The molecular formula is C24H38O3. The summed E-state index contributed by atoms with van der Waals surface area (Å²) in [6.45, 7) is 2.83. The number of rotatable bonds is 6. The fraction of sp³-hybridized carbons (Fsp3) is 1.00. The maximum atomic E-state index is 9.74. The van der Waals surface area contributed by atoms with Crippen LogP contribution in [-0.2, 0) is 4.74 Å². The van der Waals surface area contributed by atoms with E-state index in [-0.39, 0.29) is 0 Å². The van der Waals surface area contributed by atoms with E-state index in [0.29, 0.717) is 25.0 Å². The lowest BCUT2D eigenvalue weighted by atomic mass is 9.73. The van der Waals surface area contributed by atoms with Crippen LogP contribution in [0.4, 0.5) is 0 Å². The topological polar surface area (TPSA) is 49.7 Å². The first-order valence-corrected chi connectivity index (χ1v) is 12.1. The Morgan fingerprint density at radius 2 is 1.19 bits per heavy atom. The average molecular weight is 375 g/mol. The molecule has 0 aliphatic heterocycles. The Balaban J connectivity index is 1.04. The van der Waals surface area contributed by atoms with Crippen molar-refractivity contribution in [1.82, 2.24) is 0 Å². The lowest BCUT2D eigenvalue weighted by molar-refractivity contribution is 0.0151. The second kappa shape index (κ2) is 6.71. The SMILES string of the molecule is OCC1CC2CC1C1CCC(COCC3CCC4C5CC(CO)C(C5)C34)C21. The summed E-state index contributed by atoms with van der Waals surface area (Å²) in [6, 6.07) is 0. The lowest BCUT2D eigenvalue weighted by Crippen LogP contribution is -2.33. The summed E-state index contributed by atoms with van der Waals surface area (Å²) in [4.78, 5) is 0. The van der Waals surface area contributed by atoms with E-state index < -0.39 is 0 Å². The highest BCUT2D eigenvalue weighted by Gasteiger charge is 2.58. The molecule has 12 unspecified atom stereocenters. The molecule has 3 nitrogen and oxygen atoms in total. The molecule has 0 aromatic heterocycles. The van der Waals surface area contributed by atoms with Gasteiger partial charge in [-0.25, -0.2) is 0 Å².